The first kappa shape index (κ1) is 15.2. The molecule has 0 atom stereocenters. The van der Waals surface area contributed by atoms with Crippen molar-refractivity contribution in [2.75, 3.05) is 10.6 Å². The molecule has 0 spiro atoms. The highest BCUT2D eigenvalue weighted by Crippen LogP contribution is 2.19. The van der Waals surface area contributed by atoms with E-state index in [0.717, 1.165) is 6.08 Å². The van der Waals surface area contributed by atoms with Gasteiger partial charge in [-0.05, 0) is 30.3 Å². The van der Waals surface area contributed by atoms with E-state index in [9.17, 15) is 14.0 Å². The van der Waals surface area contributed by atoms with Crippen LogP contribution in [0.25, 0.3) is 0 Å². The van der Waals surface area contributed by atoms with Gasteiger partial charge in [-0.15, -0.1) is 0 Å². The van der Waals surface area contributed by atoms with E-state index in [1.165, 1.54) is 30.3 Å². The Kier molecular flexibility index (Phi) is 4.87. The molecule has 0 aliphatic carbocycles. The lowest BCUT2D eigenvalue weighted by atomic mass is 10.3. The van der Waals surface area contributed by atoms with Crippen molar-refractivity contribution in [1.29, 1.82) is 0 Å². The largest absolute Gasteiger partial charge is 0.417 e. The SMILES string of the molecule is C=CC(=O)Nc1cccc(OC(=O)Nc2ccccc2F)c1. The number of halogens is 1. The van der Waals surface area contributed by atoms with E-state index in [1.54, 1.807) is 18.2 Å². The zero-order chi connectivity index (χ0) is 15.9. The lowest BCUT2D eigenvalue weighted by molar-refractivity contribution is -0.111. The molecule has 0 aliphatic heterocycles. The number of carbonyl (C=O) groups is 2. The maximum atomic E-state index is 13.4. The van der Waals surface area contributed by atoms with E-state index in [4.69, 9.17) is 4.74 Å². The van der Waals surface area contributed by atoms with Gasteiger partial charge in [-0.1, -0.05) is 24.8 Å². The van der Waals surface area contributed by atoms with Crippen LogP contribution in [0.3, 0.4) is 0 Å². The molecule has 6 heteroatoms. The first-order chi connectivity index (χ1) is 10.6. The molecule has 2 aromatic rings. The van der Waals surface area contributed by atoms with Gasteiger partial charge in [-0.3, -0.25) is 10.1 Å². The molecule has 0 radical (unpaired) electrons. The van der Waals surface area contributed by atoms with Gasteiger partial charge in [0.05, 0.1) is 5.69 Å². The van der Waals surface area contributed by atoms with Crippen molar-refractivity contribution in [2.24, 2.45) is 0 Å². The summed E-state index contributed by atoms with van der Waals surface area (Å²) in [7, 11) is 0. The molecule has 2 amide bonds. The summed E-state index contributed by atoms with van der Waals surface area (Å²) in [5, 5.41) is 4.83. The van der Waals surface area contributed by atoms with Crippen LogP contribution in [0.1, 0.15) is 0 Å². The number of hydrogen-bond donors (Lipinski definition) is 2. The molecule has 0 fully saturated rings. The Morgan fingerprint density at radius 2 is 1.86 bits per heavy atom. The van der Waals surface area contributed by atoms with Crippen molar-refractivity contribution in [2.45, 2.75) is 0 Å². The number of rotatable bonds is 4. The van der Waals surface area contributed by atoms with Gasteiger partial charge in [0.1, 0.15) is 11.6 Å². The second-order valence-electron chi connectivity index (χ2n) is 4.22. The first-order valence-corrected chi connectivity index (χ1v) is 6.35. The topological polar surface area (TPSA) is 67.4 Å². The molecule has 2 N–H and O–H groups in total. The summed E-state index contributed by atoms with van der Waals surface area (Å²) in [6.45, 7) is 3.34. The molecule has 0 bridgehead atoms. The number of benzene rings is 2. The number of anilines is 2. The highest BCUT2D eigenvalue weighted by Gasteiger charge is 2.09. The fourth-order valence-corrected chi connectivity index (χ4v) is 1.64. The second-order valence-corrected chi connectivity index (χ2v) is 4.22. The summed E-state index contributed by atoms with van der Waals surface area (Å²) >= 11 is 0. The Labute approximate surface area is 126 Å². The Morgan fingerprint density at radius 1 is 1.09 bits per heavy atom. The standard InChI is InChI=1S/C16H13FN2O3/c1-2-15(20)18-11-6-5-7-12(10-11)22-16(21)19-14-9-4-3-8-13(14)17/h2-10H,1H2,(H,18,20)(H,19,21). The van der Waals surface area contributed by atoms with Gasteiger partial charge in [-0.25, -0.2) is 9.18 Å². The van der Waals surface area contributed by atoms with Gasteiger partial charge in [0, 0.05) is 11.8 Å². The van der Waals surface area contributed by atoms with E-state index in [1.807, 2.05) is 0 Å². The Bertz CT molecular complexity index is 716. The molecular weight excluding hydrogens is 287 g/mol. The summed E-state index contributed by atoms with van der Waals surface area (Å²) in [4.78, 5) is 22.9. The number of amides is 2. The molecule has 0 aromatic heterocycles. The molecule has 22 heavy (non-hydrogen) atoms. The number of ether oxygens (including phenoxy) is 1. The zero-order valence-electron chi connectivity index (χ0n) is 11.5. The van der Waals surface area contributed by atoms with E-state index < -0.39 is 11.9 Å². The van der Waals surface area contributed by atoms with Crippen LogP contribution in [0.4, 0.5) is 20.6 Å². The summed E-state index contributed by atoms with van der Waals surface area (Å²) < 4.78 is 18.4. The number of carbonyl (C=O) groups excluding carboxylic acids is 2. The maximum Gasteiger partial charge on any atom is 0.417 e. The molecule has 2 rings (SSSR count). The van der Waals surface area contributed by atoms with E-state index in [0.29, 0.717) is 5.69 Å². The van der Waals surface area contributed by atoms with Crippen molar-refractivity contribution < 1.29 is 18.7 Å². The zero-order valence-corrected chi connectivity index (χ0v) is 11.5. The molecule has 0 saturated heterocycles. The van der Waals surface area contributed by atoms with Crippen molar-refractivity contribution in [3.05, 3.63) is 67.0 Å². The van der Waals surface area contributed by atoms with Crippen LogP contribution < -0.4 is 15.4 Å². The minimum absolute atomic E-state index is 0.0172. The Morgan fingerprint density at radius 3 is 2.59 bits per heavy atom. The summed E-state index contributed by atoms with van der Waals surface area (Å²) in [5.74, 6) is -0.741. The monoisotopic (exact) mass is 300 g/mol. The highest BCUT2D eigenvalue weighted by atomic mass is 19.1. The van der Waals surface area contributed by atoms with E-state index >= 15 is 0 Å². The van der Waals surface area contributed by atoms with Crippen LogP contribution in [-0.2, 0) is 4.79 Å². The molecule has 112 valence electrons. The van der Waals surface area contributed by atoms with Gasteiger partial charge >= 0.3 is 6.09 Å². The molecule has 0 saturated carbocycles. The van der Waals surface area contributed by atoms with Crippen LogP contribution in [0.15, 0.2) is 61.2 Å². The van der Waals surface area contributed by atoms with Crippen molar-refractivity contribution in [3.8, 4) is 5.75 Å². The van der Waals surface area contributed by atoms with Crippen molar-refractivity contribution in [3.63, 3.8) is 0 Å². The minimum Gasteiger partial charge on any atom is -0.410 e. The molecule has 0 unspecified atom stereocenters. The number of para-hydroxylation sites is 1. The van der Waals surface area contributed by atoms with E-state index in [-0.39, 0.29) is 17.3 Å². The maximum absolute atomic E-state index is 13.4. The number of hydrogen-bond acceptors (Lipinski definition) is 3. The summed E-state index contributed by atoms with van der Waals surface area (Å²) in [6, 6.07) is 12.0. The lowest BCUT2D eigenvalue weighted by Gasteiger charge is -2.08. The number of nitrogens with one attached hydrogen (secondary N) is 2. The van der Waals surface area contributed by atoms with Crippen LogP contribution >= 0.6 is 0 Å². The normalized spacial score (nSPS) is 9.68. The van der Waals surface area contributed by atoms with Gasteiger partial charge < -0.3 is 10.1 Å². The van der Waals surface area contributed by atoms with Gasteiger partial charge in [0.15, 0.2) is 0 Å². The van der Waals surface area contributed by atoms with Crippen molar-refractivity contribution >= 4 is 23.4 Å². The third kappa shape index (κ3) is 4.17. The molecule has 2 aromatic carbocycles. The van der Waals surface area contributed by atoms with Crippen LogP contribution in [0.5, 0.6) is 5.75 Å². The summed E-state index contributed by atoms with van der Waals surface area (Å²) in [6.07, 6.45) is 0.288. The predicted octanol–water partition coefficient (Wildman–Crippen LogP) is 3.56. The Hall–Kier alpha value is -3.15. The molecule has 5 nitrogen and oxygen atoms in total. The van der Waals surface area contributed by atoms with Gasteiger partial charge in [-0.2, -0.15) is 0 Å². The highest BCUT2D eigenvalue weighted by molar-refractivity contribution is 5.99. The second kappa shape index (κ2) is 7.03. The van der Waals surface area contributed by atoms with Gasteiger partial charge in [0.2, 0.25) is 5.91 Å². The third-order valence-corrected chi connectivity index (χ3v) is 2.61. The lowest BCUT2D eigenvalue weighted by Crippen LogP contribution is -2.17. The first-order valence-electron chi connectivity index (χ1n) is 6.35. The van der Waals surface area contributed by atoms with Crippen LogP contribution in [0, 0.1) is 5.82 Å². The molecule has 0 aliphatic rings. The van der Waals surface area contributed by atoms with E-state index in [2.05, 4.69) is 17.2 Å². The quantitative estimate of drug-likeness (QED) is 0.848. The minimum atomic E-state index is -0.836. The van der Waals surface area contributed by atoms with Crippen LogP contribution in [0.2, 0.25) is 0 Å². The molecule has 0 heterocycles. The molecular formula is C16H13FN2O3. The Balaban J connectivity index is 2.02. The predicted molar refractivity (Wildman–Crippen MR) is 81.3 cm³/mol. The van der Waals surface area contributed by atoms with Crippen molar-refractivity contribution in [1.82, 2.24) is 0 Å². The van der Waals surface area contributed by atoms with Gasteiger partial charge in [0.25, 0.3) is 0 Å². The third-order valence-electron chi connectivity index (χ3n) is 2.61. The van der Waals surface area contributed by atoms with Crippen LogP contribution in [-0.4, -0.2) is 12.0 Å². The summed E-state index contributed by atoms with van der Waals surface area (Å²) in [5.41, 5.74) is 0.463. The smallest absolute Gasteiger partial charge is 0.410 e. The fourth-order valence-electron chi connectivity index (χ4n) is 1.64. The average molecular weight is 300 g/mol. The fraction of sp³-hybridized carbons (Fsp3) is 0. The average Bonchev–Trinajstić information content (AvgIpc) is 2.50.